The summed E-state index contributed by atoms with van der Waals surface area (Å²) in [6.45, 7) is 5.13. The van der Waals surface area contributed by atoms with Crippen molar-refractivity contribution in [2.75, 3.05) is 7.11 Å². The topological polar surface area (TPSA) is 44.5 Å². The SMILES string of the molecule is COc1cc(COc2cc(C)cc(C)c2)ccc1CN. The van der Waals surface area contributed by atoms with Gasteiger partial charge < -0.3 is 15.2 Å². The molecular weight excluding hydrogens is 250 g/mol. The Morgan fingerprint density at radius 2 is 1.70 bits per heavy atom. The Morgan fingerprint density at radius 1 is 1.00 bits per heavy atom. The zero-order valence-corrected chi connectivity index (χ0v) is 12.3. The fourth-order valence-corrected chi connectivity index (χ4v) is 2.23. The number of aryl methyl sites for hydroxylation is 2. The smallest absolute Gasteiger partial charge is 0.123 e. The van der Waals surface area contributed by atoms with Gasteiger partial charge in [-0.05, 0) is 48.7 Å². The third-order valence-electron chi connectivity index (χ3n) is 3.17. The standard InChI is InChI=1S/C17H21NO2/c1-12-6-13(2)8-16(7-12)20-11-14-4-5-15(10-18)17(9-14)19-3/h4-9H,10-11,18H2,1-3H3. The van der Waals surface area contributed by atoms with Crippen LogP contribution in [0, 0.1) is 13.8 Å². The zero-order chi connectivity index (χ0) is 14.5. The number of benzene rings is 2. The highest BCUT2D eigenvalue weighted by atomic mass is 16.5. The van der Waals surface area contributed by atoms with Crippen molar-refractivity contribution in [1.29, 1.82) is 0 Å². The van der Waals surface area contributed by atoms with Crippen LogP contribution < -0.4 is 15.2 Å². The molecule has 2 aromatic rings. The summed E-state index contributed by atoms with van der Waals surface area (Å²) in [6, 6.07) is 12.2. The number of methoxy groups -OCH3 is 1. The first-order valence-electron chi connectivity index (χ1n) is 6.69. The van der Waals surface area contributed by atoms with Crippen LogP contribution in [0.1, 0.15) is 22.3 Å². The Morgan fingerprint density at radius 3 is 2.30 bits per heavy atom. The molecule has 0 unspecified atom stereocenters. The van der Waals surface area contributed by atoms with Gasteiger partial charge in [-0.2, -0.15) is 0 Å². The van der Waals surface area contributed by atoms with E-state index in [1.807, 2.05) is 30.3 Å². The molecule has 0 amide bonds. The molecule has 0 aromatic heterocycles. The van der Waals surface area contributed by atoms with Crippen LogP contribution in [0.15, 0.2) is 36.4 Å². The van der Waals surface area contributed by atoms with Crippen molar-refractivity contribution in [3.63, 3.8) is 0 Å². The molecule has 0 atom stereocenters. The van der Waals surface area contributed by atoms with Crippen LogP contribution in [-0.2, 0) is 13.2 Å². The molecule has 0 radical (unpaired) electrons. The maximum absolute atomic E-state index is 5.84. The van der Waals surface area contributed by atoms with E-state index >= 15 is 0 Å². The highest BCUT2D eigenvalue weighted by Gasteiger charge is 2.04. The summed E-state index contributed by atoms with van der Waals surface area (Å²) in [5.74, 6) is 1.71. The Balaban J connectivity index is 2.10. The number of ether oxygens (including phenoxy) is 2. The van der Waals surface area contributed by atoms with E-state index in [9.17, 15) is 0 Å². The average molecular weight is 271 g/mol. The first-order chi connectivity index (χ1) is 9.62. The van der Waals surface area contributed by atoms with Gasteiger partial charge in [0.2, 0.25) is 0 Å². The van der Waals surface area contributed by atoms with Gasteiger partial charge in [-0.25, -0.2) is 0 Å². The van der Waals surface area contributed by atoms with Gasteiger partial charge in [-0.15, -0.1) is 0 Å². The number of rotatable bonds is 5. The average Bonchev–Trinajstić information content (AvgIpc) is 2.43. The Labute approximate surface area is 120 Å². The fraction of sp³-hybridized carbons (Fsp3) is 0.294. The van der Waals surface area contributed by atoms with E-state index in [1.54, 1.807) is 7.11 Å². The number of hydrogen-bond donors (Lipinski definition) is 1. The maximum Gasteiger partial charge on any atom is 0.123 e. The molecule has 2 rings (SSSR count). The predicted octanol–water partition coefficient (Wildman–Crippen LogP) is 3.35. The molecule has 106 valence electrons. The van der Waals surface area contributed by atoms with Crippen molar-refractivity contribution in [3.05, 3.63) is 58.7 Å². The third-order valence-corrected chi connectivity index (χ3v) is 3.17. The molecule has 0 fully saturated rings. The Hall–Kier alpha value is -2.00. The summed E-state index contributed by atoms with van der Waals surface area (Å²) in [6.07, 6.45) is 0. The van der Waals surface area contributed by atoms with Gasteiger partial charge in [-0.1, -0.05) is 18.2 Å². The molecule has 2 aromatic carbocycles. The van der Waals surface area contributed by atoms with E-state index in [0.29, 0.717) is 13.2 Å². The van der Waals surface area contributed by atoms with E-state index in [-0.39, 0.29) is 0 Å². The monoisotopic (exact) mass is 271 g/mol. The summed E-state index contributed by atoms with van der Waals surface area (Å²) in [4.78, 5) is 0. The summed E-state index contributed by atoms with van der Waals surface area (Å²) >= 11 is 0. The van der Waals surface area contributed by atoms with E-state index in [0.717, 1.165) is 22.6 Å². The van der Waals surface area contributed by atoms with Crippen LogP contribution in [0.25, 0.3) is 0 Å². The second-order valence-electron chi connectivity index (χ2n) is 4.96. The Bertz CT molecular complexity index is 573. The molecule has 3 heteroatoms. The summed E-state index contributed by atoms with van der Waals surface area (Å²) in [7, 11) is 1.66. The highest BCUT2D eigenvalue weighted by molar-refractivity contribution is 5.38. The number of hydrogen-bond acceptors (Lipinski definition) is 3. The lowest BCUT2D eigenvalue weighted by atomic mass is 10.1. The molecule has 0 saturated heterocycles. The quantitative estimate of drug-likeness (QED) is 0.907. The molecule has 3 nitrogen and oxygen atoms in total. The minimum absolute atomic E-state index is 0.474. The van der Waals surface area contributed by atoms with Crippen molar-refractivity contribution in [1.82, 2.24) is 0 Å². The normalized spacial score (nSPS) is 10.4. The second-order valence-corrected chi connectivity index (χ2v) is 4.96. The van der Waals surface area contributed by atoms with E-state index in [2.05, 4.69) is 19.9 Å². The first-order valence-corrected chi connectivity index (χ1v) is 6.69. The van der Waals surface area contributed by atoms with Crippen LogP contribution in [0.4, 0.5) is 0 Å². The number of nitrogens with two attached hydrogens (primary N) is 1. The van der Waals surface area contributed by atoms with Gasteiger partial charge in [0.25, 0.3) is 0 Å². The highest BCUT2D eigenvalue weighted by Crippen LogP contribution is 2.22. The van der Waals surface area contributed by atoms with E-state index < -0.39 is 0 Å². The molecule has 0 aliphatic carbocycles. The third kappa shape index (κ3) is 3.52. The zero-order valence-electron chi connectivity index (χ0n) is 12.3. The van der Waals surface area contributed by atoms with E-state index in [1.165, 1.54) is 11.1 Å². The van der Waals surface area contributed by atoms with Gasteiger partial charge in [-0.3, -0.25) is 0 Å². The van der Waals surface area contributed by atoms with Crippen molar-refractivity contribution in [2.24, 2.45) is 5.73 Å². The van der Waals surface area contributed by atoms with Gasteiger partial charge in [0, 0.05) is 12.1 Å². The van der Waals surface area contributed by atoms with Gasteiger partial charge in [0.05, 0.1) is 7.11 Å². The lowest BCUT2D eigenvalue weighted by Gasteiger charge is -2.11. The van der Waals surface area contributed by atoms with Gasteiger partial charge in [0.15, 0.2) is 0 Å². The fourth-order valence-electron chi connectivity index (χ4n) is 2.23. The molecule has 0 heterocycles. The first kappa shape index (κ1) is 14.4. The van der Waals surface area contributed by atoms with Crippen LogP contribution in [0.3, 0.4) is 0 Å². The second kappa shape index (κ2) is 6.44. The minimum Gasteiger partial charge on any atom is -0.496 e. The molecule has 0 aliphatic rings. The predicted molar refractivity (Wildman–Crippen MR) is 81.1 cm³/mol. The largest absolute Gasteiger partial charge is 0.496 e. The summed E-state index contributed by atoms with van der Waals surface area (Å²) < 4.78 is 11.2. The van der Waals surface area contributed by atoms with Crippen LogP contribution in [-0.4, -0.2) is 7.11 Å². The van der Waals surface area contributed by atoms with Gasteiger partial charge in [0.1, 0.15) is 18.1 Å². The molecule has 2 N–H and O–H groups in total. The molecular formula is C17H21NO2. The van der Waals surface area contributed by atoms with Crippen LogP contribution in [0.2, 0.25) is 0 Å². The van der Waals surface area contributed by atoms with Crippen molar-refractivity contribution in [3.8, 4) is 11.5 Å². The summed E-state index contributed by atoms with van der Waals surface area (Å²) in [5.41, 5.74) is 10.1. The van der Waals surface area contributed by atoms with E-state index in [4.69, 9.17) is 15.2 Å². The molecule has 20 heavy (non-hydrogen) atoms. The van der Waals surface area contributed by atoms with Crippen LogP contribution in [0.5, 0.6) is 11.5 Å². The maximum atomic E-state index is 5.84. The van der Waals surface area contributed by atoms with Gasteiger partial charge >= 0.3 is 0 Å². The van der Waals surface area contributed by atoms with Crippen molar-refractivity contribution < 1.29 is 9.47 Å². The lowest BCUT2D eigenvalue weighted by Crippen LogP contribution is -2.02. The molecule has 0 spiro atoms. The van der Waals surface area contributed by atoms with Crippen LogP contribution >= 0.6 is 0 Å². The van der Waals surface area contributed by atoms with Crippen molar-refractivity contribution in [2.45, 2.75) is 27.0 Å². The minimum atomic E-state index is 0.474. The lowest BCUT2D eigenvalue weighted by molar-refractivity contribution is 0.304. The molecule has 0 aliphatic heterocycles. The molecule has 0 bridgehead atoms. The Kier molecular flexibility index (Phi) is 4.64. The molecule has 0 saturated carbocycles. The van der Waals surface area contributed by atoms with Crippen molar-refractivity contribution >= 4 is 0 Å². The summed E-state index contributed by atoms with van der Waals surface area (Å²) in [5, 5.41) is 0.